The molecule has 2 rings (SSSR count). The van der Waals surface area contributed by atoms with Crippen molar-refractivity contribution in [1.82, 2.24) is 5.32 Å². The van der Waals surface area contributed by atoms with Gasteiger partial charge in [-0.3, -0.25) is 0 Å². The minimum Gasteiger partial charge on any atom is -0.494 e. The van der Waals surface area contributed by atoms with E-state index in [4.69, 9.17) is 16.3 Å². The lowest BCUT2D eigenvalue weighted by molar-refractivity contribution is 0.308. The van der Waals surface area contributed by atoms with Gasteiger partial charge in [0.05, 0.1) is 6.61 Å². The van der Waals surface area contributed by atoms with Crippen LogP contribution in [0.3, 0.4) is 0 Å². The predicted molar refractivity (Wildman–Crippen MR) is 84.6 cm³/mol. The van der Waals surface area contributed by atoms with E-state index in [2.05, 4.69) is 17.4 Å². The zero-order chi connectivity index (χ0) is 14.0. The summed E-state index contributed by atoms with van der Waals surface area (Å²) >= 11 is 5.85. The molecule has 0 aromatic heterocycles. The largest absolute Gasteiger partial charge is 0.494 e. The maximum atomic E-state index is 5.85. The van der Waals surface area contributed by atoms with Crippen molar-refractivity contribution in [2.45, 2.75) is 12.8 Å². The second-order valence-corrected chi connectivity index (χ2v) is 5.08. The lowest BCUT2D eigenvalue weighted by atomic mass is 10.1. The molecule has 0 bridgehead atoms. The fraction of sp³-hybridized carbons (Fsp3) is 0.294. The molecule has 0 amide bonds. The summed E-state index contributed by atoms with van der Waals surface area (Å²) in [5, 5.41) is 4.21. The second kappa shape index (κ2) is 8.62. The number of hydrogen-bond acceptors (Lipinski definition) is 2. The van der Waals surface area contributed by atoms with Crippen molar-refractivity contribution >= 4 is 11.6 Å². The first-order chi connectivity index (χ1) is 9.84. The lowest BCUT2D eigenvalue weighted by Gasteiger charge is -2.07. The molecule has 0 atom stereocenters. The molecular formula is C17H20ClNO. The first kappa shape index (κ1) is 14.9. The Balaban J connectivity index is 1.51. The van der Waals surface area contributed by atoms with Crippen molar-refractivity contribution in [3.63, 3.8) is 0 Å². The number of para-hydroxylation sites is 1. The molecule has 0 aliphatic carbocycles. The molecule has 0 saturated heterocycles. The van der Waals surface area contributed by atoms with Gasteiger partial charge in [0, 0.05) is 5.02 Å². The Hall–Kier alpha value is -1.51. The fourth-order valence-electron chi connectivity index (χ4n) is 1.91. The smallest absolute Gasteiger partial charge is 0.119 e. The van der Waals surface area contributed by atoms with Gasteiger partial charge in [0.15, 0.2) is 0 Å². The maximum Gasteiger partial charge on any atom is 0.119 e. The topological polar surface area (TPSA) is 21.3 Å². The molecule has 3 heteroatoms. The summed E-state index contributed by atoms with van der Waals surface area (Å²) in [6.07, 6.45) is 2.03. The first-order valence-electron chi connectivity index (χ1n) is 6.97. The fourth-order valence-corrected chi connectivity index (χ4v) is 2.04. The van der Waals surface area contributed by atoms with Crippen LogP contribution in [0, 0.1) is 0 Å². The van der Waals surface area contributed by atoms with E-state index in [1.54, 1.807) is 0 Å². The molecule has 0 saturated carbocycles. The molecule has 2 nitrogen and oxygen atoms in total. The van der Waals surface area contributed by atoms with Crippen LogP contribution in [0.5, 0.6) is 5.75 Å². The third-order valence-corrected chi connectivity index (χ3v) is 3.27. The SMILES string of the molecule is Clc1ccc(CCNCCCOc2ccccc2)cc1. The van der Waals surface area contributed by atoms with Crippen LogP contribution in [-0.4, -0.2) is 19.7 Å². The van der Waals surface area contributed by atoms with Gasteiger partial charge in [-0.05, 0) is 55.8 Å². The third kappa shape index (κ3) is 5.64. The Morgan fingerprint density at radius 3 is 2.40 bits per heavy atom. The number of benzene rings is 2. The highest BCUT2D eigenvalue weighted by molar-refractivity contribution is 6.30. The van der Waals surface area contributed by atoms with Crippen LogP contribution in [0.4, 0.5) is 0 Å². The first-order valence-corrected chi connectivity index (χ1v) is 7.35. The van der Waals surface area contributed by atoms with Crippen LogP contribution < -0.4 is 10.1 Å². The zero-order valence-electron chi connectivity index (χ0n) is 11.5. The van der Waals surface area contributed by atoms with Crippen molar-refractivity contribution in [2.24, 2.45) is 0 Å². The number of nitrogens with one attached hydrogen (secondary N) is 1. The lowest BCUT2D eigenvalue weighted by Crippen LogP contribution is -2.20. The Morgan fingerprint density at radius 1 is 0.900 bits per heavy atom. The zero-order valence-corrected chi connectivity index (χ0v) is 12.3. The van der Waals surface area contributed by atoms with Crippen LogP contribution in [0.25, 0.3) is 0 Å². The van der Waals surface area contributed by atoms with Crippen LogP contribution >= 0.6 is 11.6 Å². The predicted octanol–water partition coefficient (Wildman–Crippen LogP) is 3.94. The molecule has 2 aromatic rings. The molecular weight excluding hydrogens is 270 g/mol. The standard InChI is InChI=1S/C17H20ClNO/c18-16-9-7-15(8-10-16)11-13-19-12-4-14-20-17-5-2-1-3-6-17/h1-3,5-10,19H,4,11-14H2. The Labute approximate surface area is 125 Å². The van der Waals surface area contributed by atoms with Crippen molar-refractivity contribution < 1.29 is 4.74 Å². The summed E-state index contributed by atoms with van der Waals surface area (Å²) in [7, 11) is 0. The normalized spacial score (nSPS) is 10.4. The molecule has 0 unspecified atom stereocenters. The van der Waals surface area contributed by atoms with Crippen LogP contribution in [0.15, 0.2) is 54.6 Å². The van der Waals surface area contributed by atoms with E-state index < -0.39 is 0 Å². The van der Waals surface area contributed by atoms with Gasteiger partial charge in [-0.25, -0.2) is 0 Å². The van der Waals surface area contributed by atoms with Crippen molar-refractivity contribution in [1.29, 1.82) is 0 Å². The highest BCUT2D eigenvalue weighted by Crippen LogP contribution is 2.09. The van der Waals surface area contributed by atoms with Crippen LogP contribution in [-0.2, 0) is 6.42 Å². The van der Waals surface area contributed by atoms with Gasteiger partial charge in [0.1, 0.15) is 5.75 Å². The van der Waals surface area contributed by atoms with Gasteiger partial charge in [-0.1, -0.05) is 41.9 Å². The molecule has 0 heterocycles. The van der Waals surface area contributed by atoms with E-state index >= 15 is 0 Å². The van der Waals surface area contributed by atoms with E-state index in [0.717, 1.165) is 43.3 Å². The highest BCUT2D eigenvalue weighted by atomic mass is 35.5. The average molecular weight is 290 g/mol. The summed E-state index contributed by atoms with van der Waals surface area (Å²) in [5.74, 6) is 0.939. The monoisotopic (exact) mass is 289 g/mol. The molecule has 1 N–H and O–H groups in total. The van der Waals surface area contributed by atoms with E-state index in [9.17, 15) is 0 Å². The summed E-state index contributed by atoms with van der Waals surface area (Å²) in [6.45, 7) is 2.70. The molecule has 2 aromatic carbocycles. The maximum absolute atomic E-state index is 5.85. The minimum absolute atomic E-state index is 0.748. The molecule has 0 aliphatic heterocycles. The molecule has 0 radical (unpaired) electrons. The van der Waals surface area contributed by atoms with Crippen molar-refractivity contribution in [3.8, 4) is 5.75 Å². The number of ether oxygens (including phenoxy) is 1. The quantitative estimate of drug-likeness (QED) is 0.743. The van der Waals surface area contributed by atoms with Crippen LogP contribution in [0.1, 0.15) is 12.0 Å². The van der Waals surface area contributed by atoms with Gasteiger partial charge in [-0.15, -0.1) is 0 Å². The van der Waals surface area contributed by atoms with Gasteiger partial charge >= 0.3 is 0 Å². The molecule has 106 valence electrons. The summed E-state index contributed by atoms with van der Waals surface area (Å²) in [6, 6.07) is 17.9. The molecule has 20 heavy (non-hydrogen) atoms. The number of hydrogen-bond donors (Lipinski definition) is 1. The van der Waals surface area contributed by atoms with Gasteiger partial charge < -0.3 is 10.1 Å². The van der Waals surface area contributed by atoms with Crippen molar-refractivity contribution in [3.05, 3.63) is 65.2 Å². The Bertz CT molecular complexity index is 484. The summed E-state index contributed by atoms with van der Waals surface area (Å²) in [4.78, 5) is 0. The van der Waals surface area contributed by atoms with Gasteiger partial charge in [0.25, 0.3) is 0 Å². The second-order valence-electron chi connectivity index (χ2n) is 4.64. The number of halogens is 1. The van der Waals surface area contributed by atoms with Gasteiger partial charge in [-0.2, -0.15) is 0 Å². The Kier molecular flexibility index (Phi) is 6.42. The van der Waals surface area contributed by atoms with E-state index in [1.807, 2.05) is 42.5 Å². The minimum atomic E-state index is 0.748. The molecule has 0 aliphatic rings. The third-order valence-electron chi connectivity index (χ3n) is 3.01. The number of rotatable bonds is 8. The van der Waals surface area contributed by atoms with E-state index in [1.165, 1.54) is 5.56 Å². The summed E-state index contributed by atoms with van der Waals surface area (Å²) < 4.78 is 5.63. The van der Waals surface area contributed by atoms with E-state index in [-0.39, 0.29) is 0 Å². The van der Waals surface area contributed by atoms with Crippen LogP contribution in [0.2, 0.25) is 5.02 Å². The van der Waals surface area contributed by atoms with Crippen molar-refractivity contribution in [2.75, 3.05) is 19.7 Å². The van der Waals surface area contributed by atoms with Gasteiger partial charge in [0.2, 0.25) is 0 Å². The Morgan fingerprint density at radius 2 is 1.65 bits per heavy atom. The summed E-state index contributed by atoms with van der Waals surface area (Å²) in [5.41, 5.74) is 1.31. The molecule has 0 fully saturated rings. The molecule has 0 spiro atoms. The average Bonchev–Trinajstić information content (AvgIpc) is 2.49. The highest BCUT2D eigenvalue weighted by Gasteiger charge is 1.94. The van der Waals surface area contributed by atoms with E-state index in [0.29, 0.717) is 0 Å².